The van der Waals surface area contributed by atoms with Crippen LogP contribution in [0.15, 0.2) is 48.5 Å². The average molecular weight is 368 g/mol. The molecular formula is C21H28N4O2. The first-order valence-corrected chi connectivity index (χ1v) is 9.23. The van der Waals surface area contributed by atoms with Gasteiger partial charge in [-0.1, -0.05) is 24.3 Å². The first-order valence-electron chi connectivity index (χ1n) is 9.23. The van der Waals surface area contributed by atoms with E-state index in [-0.39, 0.29) is 6.03 Å². The summed E-state index contributed by atoms with van der Waals surface area (Å²) >= 11 is 0. The predicted octanol–water partition coefficient (Wildman–Crippen LogP) is 2.73. The molecule has 0 bridgehead atoms. The van der Waals surface area contributed by atoms with Crippen LogP contribution in [0.2, 0.25) is 0 Å². The molecule has 6 nitrogen and oxygen atoms in total. The molecule has 1 aliphatic heterocycles. The smallest absolute Gasteiger partial charge is 0.319 e. The third-order valence-corrected chi connectivity index (χ3v) is 5.02. The first-order chi connectivity index (χ1) is 13.0. The van der Waals surface area contributed by atoms with Gasteiger partial charge in [-0.3, -0.25) is 4.90 Å². The lowest BCUT2D eigenvalue weighted by Gasteiger charge is -2.37. The van der Waals surface area contributed by atoms with Crippen LogP contribution in [0.4, 0.5) is 10.5 Å². The fraction of sp³-hybridized carbons (Fsp3) is 0.381. The van der Waals surface area contributed by atoms with Crippen molar-refractivity contribution in [3.63, 3.8) is 0 Å². The third-order valence-electron chi connectivity index (χ3n) is 5.02. The number of carbonyl (C=O) groups excluding carboxylic acids is 1. The number of piperazine rings is 1. The molecular weight excluding hydrogens is 340 g/mol. The lowest BCUT2D eigenvalue weighted by Crippen LogP contribution is -2.54. The Labute approximate surface area is 161 Å². The monoisotopic (exact) mass is 368 g/mol. The van der Waals surface area contributed by atoms with Gasteiger partial charge in [-0.15, -0.1) is 0 Å². The van der Waals surface area contributed by atoms with Crippen molar-refractivity contribution in [2.45, 2.75) is 6.04 Å². The maximum atomic E-state index is 12.2. The molecule has 0 spiro atoms. The Hall–Kier alpha value is -2.57. The van der Waals surface area contributed by atoms with Crippen molar-refractivity contribution in [1.82, 2.24) is 15.1 Å². The standard InChI is InChI=1S/C21H28N4O2/c1-24-11-12-25(2)19(15-24)14-22-21(26)23-18-9-7-16(8-10-18)17-5-4-6-20(13-17)27-3/h4-10,13,19H,11-12,14-15H2,1-3H3,(H2,22,23,26). The zero-order chi connectivity index (χ0) is 19.2. The van der Waals surface area contributed by atoms with E-state index in [4.69, 9.17) is 4.74 Å². The Morgan fingerprint density at radius 3 is 2.63 bits per heavy atom. The van der Waals surface area contributed by atoms with Gasteiger partial charge in [-0.05, 0) is 49.5 Å². The van der Waals surface area contributed by atoms with Gasteiger partial charge < -0.3 is 20.3 Å². The van der Waals surface area contributed by atoms with Crippen LogP contribution in [0.5, 0.6) is 5.75 Å². The highest BCUT2D eigenvalue weighted by molar-refractivity contribution is 5.89. The molecule has 1 aliphatic rings. The van der Waals surface area contributed by atoms with Crippen LogP contribution in [0.25, 0.3) is 11.1 Å². The summed E-state index contributed by atoms with van der Waals surface area (Å²) in [6, 6.07) is 15.9. The lowest BCUT2D eigenvalue weighted by molar-refractivity contribution is 0.115. The summed E-state index contributed by atoms with van der Waals surface area (Å²) in [5.74, 6) is 0.826. The number of rotatable bonds is 5. The second-order valence-corrected chi connectivity index (χ2v) is 7.04. The Morgan fingerprint density at radius 2 is 1.89 bits per heavy atom. The molecule has 3 rings (SSSR count). The molecule has 0 aliphatic carbocycles. The van der Waals surface area contributed by atoms with Gasteiger partial charge in [0.25, 0.3) is 0 Å². The molecule has 1 saturated heterocycles. The molecule has 1 heterocycles. The predicted molar refractivity (Wildman–Crippen MR) is 109 cm³/mol. The van der Waals surface area contributed by atoms with Crippen LogP contribution >= 0.6 is 0 Å². The van der Waals surface area contributed by atoms with E-state index in [1.807, 2.05) is 48.5 Å². The number of methoxy groups -OCH3 is 1. The van der Waals surface area contributed by atoms with Crippen molar-refractivity contribution < 1.29 is 9.53 Å². The van der Waals surface area contributed by atoms with Crippen LogP contribution in [-0.4, -0.2) is 69.3 Å². The van der Waals surface area contributed by atoms with Gasteiger partial charge in [-0.25, -0.2) is 4.79 Å². The fourth-order valence-electron chi connectivity index (χ4n) is 3.26. The molecule has 27 heavy (non-hydrogen) atoms. The zero-order valence-electron chi connectivity index (χ0n) is 16.2. The molecule has 2 aromatic carbocycles. The number of amides is 2. The molecule has 1 atom stereocenters. The van der Waals surface area contributed by atoms with E-state index in [0.29, 0.717) is 12.6 Å². The first kappa shape index (κ1) is 19.2. The Bertz CT molecular complexity index is 763. The summed E-state index contributed by atoms with van der Waals surface area (Å²) in [6.07, 6.45) is 0. The highest BCUT2D eigenvalue weighted by atomic mass is 16.5. The molecule has 2 aromatic rings. The number of urea groups is 1. The van der Waals surface area contributed by atoms with Gasteiger partial charge in [0.2, 0.25) is 0 Å². The van der Waals surface area contributed by atoms with Crippen LogP contribution in [0.3, 0.4) is 0 Å². The van der Waals surface area contributed by atoms with E-state index in [9.17, 15) is 4.79 Å². The summed E-state index contributed by atoms with van der Waals surface area (Å²) in [6.45, 7) is 3.69. The summed E-state index contributed by atoms with van der Waals surface area (Å²) < 4.78 is 5.27. The summed E-state index contributed by atoms with van der Waals surface area (Å²) in [7, 11) is 5.88. The fourth-order valence-corrected chi connectivity index (χ4v) is 3.26. The Kier molecular flexibility index (Phi) is 6.32. The average Bonchev–Trinajstić information content (AvgIpc) is 2.69. The molecule has 0 radical (unpaired) electrons. The number of carbonyl (C=O) groups is 1. The number of benzene rings is 2. The highest BCUT2D eigenvalue weighted by Crippen LogP contribution is 2.25. The van der Waals surface area contributed by atoms with Crippen LogP contribution in [-0.2, 0) is 0 Å². The van der Waals surface area contributed by atoms with Crippen molar-refractivity contribution in [2.75, 3.05) is 52.7 Å². The van der Waals surface area contributed by atoms with Crippen molar-refractivity contribution in [3.8, 4) is 16.9 Å². The molecule has 1 unspecified atom stereocenters. The van der Waals surface area contributed by atoms with Crippen molar-refractivity contribution in [2.24, 2.45) is 0 Å². The number of hydrogen-bond acceptors (Lipinski definition) is 4. The number of ether oxygens (including phenoxy) is 1. The van der Waals surface area contributed by atoms with Crippen molar-refractivity contribution in [3.05, 3.63) is 48.5 Å². The molecule has 2 amide bonds. The van der Waals surface area contributed by atoms with Crippen molar-refractivity contribution >= 4 is 11.7 Å². The van der Waals surface area contributed by atoms with Gasteiger partial charge in [0.15, 0.2) is 0 Å². The molecule has 2 N–H and O–H groups in total. The molecule has 1 fully saturated rings. The maximum absolute atomic E-state index is 12.2. The number of anilines is 1. The molecule has 0 aromatic heterocycles. The van der Waals surface area contributed by atoms with Crippen LogP contribution < -0.4 is 15.4 Å². The van der Waals surface area contributed by atoms with E-state index < -0.39 is 0 Å². The number of nitrogens with one attached hydrogen (secondary N) is 2. The third kappa shape index (κ3) is 5.21. The van der Waals surface area contributed by atoms with Crippen LogP contribution in [0, 0.1) is 0 Å². The van der Waals surface area contributed by atoms with E-state index >= 15 is 0 Å². The quantitative estimate of drug-likeness (QED) is 0.852. The van der Waals surface area contributed by atoms with Gasteiger partial charge in [0.1, 0.15) is 5.75 Å². The van der Waals surface area contributed by atoms with Gasteiger partial charge in [0.05, 0.1) is 7.11 Å². The van der Waals surface area contributed by atoms with E-state index in [0.717, 1.165) is 42.2 Å². The number of likely N-dealkylation sites (N-methyl/N-ethyl adjacent to an activating group) is 2. The van der Waals surface area contributed by atoms with E-state index in [2.05, 4.69) is 34.5 Å². The highest BCUT2D eigenvalue weighted by Gasteiger charge is 2.22. The molecule has 144 valence electrons. The van der Waals surface area contributed by atoms with Gasteiger partial charge >= 0.3 is 6.03 Å². The minimum Gasteiger partial charge on any atom is -0.497 e. The normalized spacial score (nSPS) is 18.1. The second kappa shape index (κ2) is 8.88. The summed E-state index contributed by atoms with van der Waals surface area (Å²) in [4.78, 5) is 16.8. The SMILES string of the molecule is COc1cccc(-c2ccc(NC(=O)NCC3CN(C)CCN3C)cc2)c1. The molecule has 6 heteroatoms. The van der Waals surface area contributed by atoms with Gasteiger partial charge in [0, 0.05) is 37.9 Å². The molecule has 0 saturated carbocycles. The number of hydrogen-bond donors (Lipinski definition) is 2. The van der Waals surface area contributed by atoms with Gasteiger partial charge in [-0.2, -0.15) is 0 Å². The minimum absolute atomic E-state index is 0.175. The topological polar surface area (TPSA) is 56.8 Å². The largest absolute Gasteiger partial charge is 0.497 e. The number of nitrogens with zero attached hydrogens (tertiary/aromatic N) is 2. The minimum atomic E-state index is -0.175. The lowest BCUT2D eigenvalue weighted by atomic mass is 10.1. The summed E-state index contributed by atoms with van der Waals surface area (Å²) in [5.41, 5.74) is 2.93. The van der Waals surface area contributed by atoms with E-state index in [1.54, 1.807) is 7.11 Å². The Morgan fingerprint density at radius 1 is 1.11 bits per heavy atom. The van der Waals surface area contributed by atoms with E-state index in [1.165, 1.54) is 0 Å². The summed E-state index contributed by atoms with van der Waals surface area (Å²) in [5, 5.41) is 5.88. The second-order valence-electron chi connectivity index (χ2n) is 7.04. The zero-order valence-corrected chi connectivity index (χ0v) is 16.2. The van der Waals surface area contributed by atoms with Crippen molar-refractivity contribution in [1.29, 1.82) is 0 Å². The Balaban J connectivity index is 1.54. The maximum Gasteiger partial charge on any atom is 0.319 e. The van der Waals surface area contributed by atoms with Crippen LogP contribution in [0.1, 0.15) is 0 Å².